The fourth-order valence-corrected chi connectivity index (χ4v) is 5.93. The van der Waals surface area contributed by atoms with Crippen LogP contribution in [0.3, 0.4) is 0 Å². The van der Waals surface area contributed by atoms with Crippen LogP contribution in [0.1, 0.15) is 34.7 Å². The third-order valence-electron chi connectivity index (χ3n) is 4.54. The molecule has 13 heteroatoms. The highest BCUT2D eigenvalue weighted by atomic mass is 32.2. The normalized spacial score (nSPS) is 12.3. The summed E-state index contributed by atoms with van der Waals surface area (Å²) in [6.45, 7) is 2.01. The van der Waals surface area contributed by atoms with Crippen molar-refractivity contribution in [1.82, 2.24) is 9.97 Å². The van der Waals surface area contributed by atoms with Gasteiger partial charge < -0.3 is 10.1 Å². The topological polar surface area (TPSA) is 131 Å². The number of hydrogen-bond donors (Lipinski definition) is 3. The molecule has 0 fully saturated rings. The molecular weight excluding hydrogens is 517 g/mol. The molecule has 0 radical (unpaired) electrons. The average Bonchev–Trinajstić information content (AvgIpc) is 3.55. The minimum atomic E-state index is -4.34. The van der Waals surface area contributed by atoms with Crippen LogP contribution >= 0.6 is 34.0 Å². The van der Waals surface area contributed by atoms with Crippen molar-refractivity contribution >= 4 is 61.1 Å². The van der Waals surface area contributed by atoms with Gasteiger partial charge in [0.15, 0.2) is 10.8 Å². The molecule has 3 heterocycles. The van der Waals surface area contributed by atoms with E-state index in [1.807, 2.05) is 27.6 Å². The minimum Gasteiger partial charge on any atom is -0.461 e. The third kappa shape index (κ3) is 6.39. The van der Waals surface area contributed by atoms with E-state index in [9.17, 15) is 13.2 Å². The highest BCUT2D eigenvalue weighted by Crippen LogP contribution is 2.32. The van der Waals surface area contributed by atoms with Crippen LogP contribution in [0.15, 0.2) is 52.5 Å². The number of thiazole rings is 2. The van der Waals surface area contributed by atoms with Gasteiger partial charge in [0.25, 0.3) is 0 Å². The van der Waals surface area contributed by atoms with Gasteiger partial charge in [0.2, 0.25) is 0 Å². The van der Waals surface area contributed by atoms with Gasteiger partial charge in [0.1, 0.15) is 5.01 Å². The van der Waals surface area contributed by atoms with Crippen molar-refractivity contribution in [3.8, 4) is 9.88 Å². The van der Waals surface area contributed by atoms with Crippen molar-refractivity contribution in [2.45, 2.75) is 19.4 Å². The van der Waals surface area contributed by atoms with Crippen molar-refractivity contribution in [2.75, 3.05) is 16.6 Å². The Bertz CT molecular complexity index is 1350. The van der Waals surface area contributed by atoms with E-state index in [-0.39, 0.29) is 24.0 Å². The average molecular weight is 537 g/mol. The molecule has 4 aromatic rings. The highest BCUT2D eigenvalue weighted by Gasteiger charge is 2.20. The Morgan fingerprint density at radius 3 is 2.59 bits per heavy atom. The summed E-state index contributed by atoms with van der Waals surface area (Å²) >= 11 is 4.46. The van der Waals surface area contributed by atoms with Crippen LogP contribution < -0.4 is 10.0 Å². The first kappa shape index (κ1) is 24.3. The second kappa shape index (κ2) is 10.6. The Morgan fingerprint density at radius 1 is 1.12 bits per heavy atom. The maximum atomic E-state index is 12.0. The number of aromatic nitrogens is 2. The summed E-state index contributed by atoms with van der Waals surface area (Å²) in [4.78, 5) is 22.2. The van der Waals surface area contributed by atoms with Crippen LogP contribution in [0.4, 0.5) is 10.8 Å². The number of ether oxygens (including phenoxy) is 1. The number of rotatable bonds is 10. The fourth-order valence-electron chi connectivity index (χ4n) is 3.07. The predicted molar refractivity (Wildman–Crippen MR) is 135 cm³/mol. The summed E-state index contributed by atoms with van der Waals surface area (Å²) in [5, 5.41) is 10.5. The largest absolute Gasteiger partial charge is 0.461 e. The molecule has 4 rings (SSSR count). The highest BCUT2D eigenvalue weighted by molar-refractivity contribution is 7.87. The first-order chi connectivity index (χ1) is 16.3. The number of anilines is 2. The summed E-state index contributed by atoms with van der Waals surface area (Å²) in [5.74, 6) is -0.473. The van der Waals surface area contributed by atoms with E-state index in [2.05, 4.69) is 10.3 Å². The quantitative estimate of drug-likeness (QED) is 0.188. The number of benzene rings is 1. The molecule has 0 unspecified atom stereocenters. The van der Waals surface area contributed by atoms with Gasteiger partial charge in [-0.15, -0.1) is 34.0 Å². The monoisotopic (exact) mass is 536 g/mol. The van der Waals surface area contributed by atoms with Gasteiger partial charge >= 0.3 is 16.3 Å². The van der Waals surface area contributed by atoms with Crippen LogP contribution in [0.2, 0.25) is 0 Å². The van der Waals surface area contributed by atoms with Gasteiger partial charge in [-0.05, 0) is 42.5 Å². The van der Waals surface area contributed by atoms with E-state index in [4.69, 9.17) is 14.3 Å². The summed E-state index contributed by atoms with van der Waals surface area (Å²) < 4.78 is 38.1. The Labute approximate surface area is 208 Å². The molecule has 1 aromatic carbocycles. The zero-order chi connectivity index (χ0) is 24.1. The van der Waals surface area contributed by atoms with Crippen molar-refractivity contribution in [3.05, 3.63) is 69.5 Å². The lowest BCUT2D eigenvalue weighted by molar-refractivity contribution is 0.0520. The molecule has 0 aliphatic carbocycles. The Morgan fingerprint density at radius 2 is 1.91 bits per heavy atom. The lowest BCUT2D eigenvalue weighted by atomic mass is 10.0. The number of carbonyl (C=O) groups is 1. The van der Waals surface area contributed by atoms with Gasteiger partial charge in [0.05, 0.1) is 28.9 Å². The van der Waals surface area contributed by atoms with E-state index in [1.165, 1.54) is 11.3 Å². The van der Waals surface area contributed by atoms with Crippen LogP contribution in [0.25, 0.3) is 9.88 Å². The molecule has 0 spiro atoms. The smallest absolute Gasteiger partial charge is 0.357 e. The molecule has 3 N–H and O–H groups in total. The number of nitrogens with zero attached hydrogens (tertiary/aromatic N) is 2. The van der Waals surface area contributed by atoms with Crippen LogP contribution in [0.5, 0.6) is 0 Å². The van der Waals surface area contributed by atoms with Crippen molar-refractivity contribution in [1.29, 1.82) is 0 Å². The summed E-state index contributed by atoms with van der Waals surface area (Å²) in [5.41, 5.74) is 2.22. The van der Waals surface area contributed by atoms with Crippen LogP contribution in [0, 0.1) is 0 Å². The van der Waals surface area contributed by atoms with Gasteiger partial charge in [-0.3, -0.25) is 9.27 Å². The number of carbonyl (C=O) groups excluding carboxylic acids is 1. The SMILES string of the molecule is CCOC(=O)c1csc(N[C@@H](Cc2ccc(NS(=O)(=O)O)cc2)c2csc(-c3cccs3)n2)n1. The zero-order valence-electron chi connectivity index (χ0n) is 17.8. The van der Waals surface area contributed by atoms with Crippen LogP contribution in [-0.4, -0.2) is 35.5 Å². The van der Waals surface area contributed by atoms with E-state index < -0.39 is 16.3 Å². The number of esters is 1. The molecule has 0 bridgehead atoms. The Kier molecular flexibility index (Phi) is 7.58. The van der Waals surface area contributed by atoms with Gasteiger partial charge in [-0.2, -0.15) is 8.42 Å². The van der Waals surface area contributed by atoms with Gasteiger partial charge in [-0.1, -0.05) is 18.2 Å². The number of hydrogen-bond acceptors (Lipinski definition) is 10. The maximum Gasteiger partial charge on any atom is 0.357 e. The summed E-state index contributed by atoms with van der Waals surface area (Å²) in [7, 11) is -4.34. The van der Waals surface area contributed by atoms with Crippen molar-refractivity contribution in [3.63, 3.8) is 0 Å². The molecule has 0 amide bonds. The molecule has 178 valence electrons. The standard InChI is InChI=1S/C21H20N4O5S4/c1-2-30-20(26)17-12-33-21(24-17)23-15(16-11-32-19(22-16)18-4-3-9-31-18)10-13-5-7-14(8-6-13)25-34(27,28)29/h3-9,11-12,15,25H,2,10H2,1H3,(H,23,24)(H,27,28,29)/t15-/m0/s1. The Balaban J connectivity index is 1.57. The molecule has 0 aliphatic heterocycles. The number of nitrogens with one attached hydrogen (secondary N) is 2. The van der Waals surface area contributed by atoms with E-state index in [0.29, 0.717) is 11.6 Å². The van der Waals surface area contributed by atoms with Gasteiger partial charge in [0, 0.05) is 10.8 Å². The molecule has 0 saturated heterocycles. The molecule has 34 heavy (non-hydrogen) atoms. The zero-order valence-corrected chi connectivity index (χ0v) is 21.1. The second-order valence-corrected chi connectivity index (χ2v) is 10.8. The van der Waals surface area contributed by atoms with Crippen molar-refractivity contribution in [2.24, 2.45) is 0 Å². The van der Waals surface area contributed by atoms with Crippen LogP contribution in [-0.2, 0) is 21.5 Å². The maximum absolute atomic E-state index is 12.0. The van der Waals surface area contributed by atoms with Crippen molar-refractivity contribution < 1.29 is 22.5 Å². The molecule has 3 aromatic heterocycles. The fraction of sp³-hybridized carbons (Fsp3) is 0.190. The lowest BCUT2D eigenvalue weighted by Crippen LogP contribution is -2.15. The third-order valence-corrected chi connectivity index (χ3v) is 7.70. The Hall–Kier alpha value is -2.84. The molecule has 9 nitrogen and oxygen atoms in total. The summed E-state index contributed by atoms with van der Waals surface area (Å²) in [6.07, 6.45) is 0.522. The molecule has 1 atom stereocenters. The molecule has 0 aliphatic rings. The van der Waals surface area contributed by atoms with E-state index >= 15 is 0 Å². The molecular formula is C21H20N4O5S4. The second-order valence-electron chi connectivity index (χ2n) is 6.99. The predicted octanol–water partition coefficient (Wildman–Crippen LogP) is 5.12. The van der Waals surface area contributed by atoms with E-state index in [0.717, 1.165) is 21.1 Å². The minimum absolute atomic E-state index is 0.242. The van der Waals surface area contributed by atoms with Gasteiger partial charge in [-0.25, -0.2) is 14.8 Å². The lowest BCUT2D eigenvalue weighted by Gasteiger charge is -2.17. The first-order valence-corrected chi connectivity index (χ1v) is 14.1. The number of thiophene rings is 1. The molecule has 0 saturated carbocycles. The summed E-state index contributed by atoms with van der Waals surface area (Å²) in [6, 6.07) is 10.4. The van der Waals surface area contributed by atoms with E-state index in [1.54, 1.807) is 59.2 Å². The first-order valence-electron chi connectivity index (χ1n) is 10.0.